The molecule has 5 heteroatoms. The molecule has 0 unspecified atom stereocenters. The van der Waals surface area contributed by atoms with Crippen LogP contribution in [0.25, 0.3) is 11.1 Å². The SMILES string of the molecule is Cc1noc2nc(C3CC3)cc(C(=O)N(C)CC3CCCCC3)c12. The molecule has 2 aliphatic carbocycles. The van der Waals surface area contributed by atoms with Gasteiger partial charge in [0, 0.05) is 25.2 Å². The highest BCUT2D eigenvalue weighted by Crippen LogP contribution is 2.40. The molecule has 0 bridgehead atoms. The van der Waals surface area contributed by atoms with Gasteiger partial charge in [-0.25, -0.2) is 4.98 Å². The number of carbonyl (C=O) groups excluding carboxylic acids is 1. The molecule has 0 aromatic carbocycles. The van der Waals surface area contributed by atoms with Crippen molar-refractivity contribution in [2.45, 2.75) is 57.8 Å². The molecule has 0 aliphatic heterocycles. The largest absolute Gasteiger partial charge is 0.341 e. The van der Waals surface area contributed by atoms with E-state index < -0.39 is 0 Å². The number of amides is 1. The molecule has 0 radical (unpaired) electrons. The zero-order valence-corrected chi connectivity index (χ0v) is 14.5. The van der Waals surface area contributed by atoms with Crippen LogP contribution in [0.4, 0.5) is 0 Å². The minimum atomic E-state index is 0.0705. The Labute approximate surface area is 142 Å². The van der Waals surface area contributed by atoms with Crippen molar-refractivity contribution >= 4 is 17.0 Å². The van der Waals surface area contributed by atoms with E-state index in [1.165, 1.54) is 32.1 Å². The van der Waals surface area contributed by atoms with Crippen molar-refractivity contribution < 1.29 is 9.32 Å². The van der Waals surface area contributed by atoms with Crippen molar-refractivity contribution in [3.8, 4) is 0 Å². The number of hydrogen-bond donors (Lipinski definition) is 0. The molecule has 24 heavy (non-hydrogen) atoms. The second-order valence-corrected chi connectivity index (χ2v) is 7.51. The standard InChI is InChI=1S/C19H25N3O2/c1-12-17-15(10-16(14-8-9-14)20-18(17)24-21-12)19(23)22(2)11-13-6-4-3-5-7-13/h10,13-14H,3-9,11H2,1-2H3. The monoisotopic (exact) mass is 327 g/mol. The lowest BCUT2D eigenvalue weighted by Gasteiger charge is -2.27. The van der Waals surface area contributed by atoms with Gasteiger partial charge in [-0.3, -0.25) is 4.79 Å². The van der Waals surface area contributed by atoms with Gasteiger partial charge in [0.25, 0.3) is 11.6 Å². The Balaban J connectivity index is 1.63. The molecule has 2 saturated carbocycles. The molecular weight excluding hydrogens is 302 g/mol. The topological polar surface area (TPSA) is 59.2 Å². The fourth-order valence-corrected chi connectivity index (χ4v) is 3.92. The van der Waals surface area contributed by atoms with Gasteiger partial charge in [-0.05, 0) is 44.6 Å². The van der Waals surface area contributed by atoms with Crippen LogP contribution < -0.4 is 0 Å². The van der Waals surface area contributed by atoms with Crippen LogP contribution >= 0.6 is 0 Å². The van der Waals surface area contributed by atoms with Gasteiger partial charge in [-0.1, -0.05) is 24.4 Å². The highest BCUT2D eigenvalue weighted by molar-refractivity contribution is 6.06. The van der Waals surface area contributed by atoms with E-state index in [0.29, 0.717) is 23.1 Å². The van der Waals surface area contributed by atoms with Gasteiger partial charge in [-0.15, -0.1) is 0 Å². The Morgan fingerprint density at radius 3 is 2.71 bits per heavy atom. The zero-order chi connectivity index (χ0) is 16.7. The minimum absolute atomic E-state index is 0.0705. The third-order valence-electron chi connectivity index (χ3n) is 5.47. The first kappa shape index (κ1) is 15.6. The number of hydrogen-bond acceptors (Lipinski definition) is 4. The van der Waals surface area contributed by atoms with Crippen molar-refractivity contribution in [2.24, 2.45) is 5.92 Å². The predicted molar refractivity (Wildman–Crippen MR) is 92.1 cm³/mol. The summed E-state index contributed by atoms with van der Waals surface area (Å²) in [7, 11) is 1.92. The van der Waals surface area contributed by atoms with Crippen LogP contribution in [0.2, 0.25) is 0 Å². The van der Waals surface area contributed by atoms with Gasteiger partial charge in [-0.2, -0.15) is 0 Å². The Morgan fingerprint density at radius 1 is 1.25 bits per heavy atom. The number of carbonyl (C=O) groups is 1. The summed E-state index contributed by atoms with van der Waals surface area (Å²) in [5.41, 5.74) is 2.94. The summed E-state index contributed by atoms with van der Waals surface area (Å²) in [5, 5.41) is 4.80. The van der Waals surface area contributed by atoms with Crippen LogP contribution in [0, 0.1) is 12.8 Å². The van der Waals surface area contributed by atoms with E-state index in [4.69, 9.17) is 4.52 Å². The normalized spacial score (nSPS) is 18.9. The quantitative estimate of drug-likeness (QED) is 0.849. The average molecular weight is 327 g/mol. The molecule has 2 aromatic heterocycles. The molecule has 0 spiro atoms. The van der Waals surface area contributed by atoms with Crippen molar-refractivity contribution in [1.29, 1.82) is 0 Å². The maximum Gasteiger partial charge on any atom is 0.259 e. The summed E-state index contributed by atoms with van der Waals surface area (Å²) >= 11 is 0. The van der Waals surface area contributed by atoms with Crippen LogP contribution in [0.1, 0.15) is 72.6 Å². The summed E-state index contributed by atoms with van der Waals surface area (Å²) in [4.78, 5) is 19.6. The van der Waals surface area contributed by atoms with E-state index in [9.17, 15) is 4.79 Å². The molecule has 1 amide bonds. The average Bonchev–Trinajstić information content (AvgIpc) is 3.38. The van der Waals surface area contributed by atoms with E-state index in [-0.39, 0.29) is 5.91 Å². The lowest BCUT2D eigenvalue weighted by molar-refractivity contribution is 0.0762. The number of fused-ring (bicyclic) bond motifs is 1. The molecule has 2 aromatic rings. The number of pyridine rings is 1. The minimum Gasteiger partial charge on any atom is -0.341 e. The fraction of sp³-hybridized carbons (Fsp3) is 0.632. The molecule has 2 heterocycles. The van der Waals surface area contributed by atoms with E-state index in [2.05, 4.69) is 10.1 Å². The first-order valence-corrected chi connectivity index (χ1v) is 9.16. The van der Waals surface area contributed by atoms with Gasteiger partial charge in [0.1, 0.15) is 0 Å². The number of nitrogens with zero attached hydrogens (tertiary/aromatic N) is 3. The smallest absolute Gasteiger partial charge is 0.259 e. The summed E-state index contributed by atoms with van der Waals surface area (Å²) in [6.07, 6.45) is 8.70. The molecule has 128 valence electrons. The predicted octanol–water partition coefficient (Wildman–Crippen LogP) is 4.06. The van der Waals surface area contributed by atoms with Gasteiger partial charge in [0.2, 0.25) is 0 Å². The first-order chi connectivity index (χ1) is 11.6. The molecule has 2 aliphatic rings. The van der Waals surface area contributed by atoms with Crippen LogP contribution in [0.3, 0.4) is 0 Å². The van der Waals surface area contributed by atoms with Crippen molar-refractivity contribution in [3.63, 3.8) is 0 Å². The van der Waals surface area contributed by atoms with Crippen molar-refractivity contribution in [3.05, 3.63) is 23.0 Å². The van der Waals surface area contributed by atoms with E-state index in [1.54, 1.807) is 0 Å². The fourth-order valence-electron chi connectivity index (χ4n) is 3.92. The summed E-state index contributed by atoms with van der Waals surface area (Å²) in [6, 6.07) is 1.98. The molecule has 4 rings (SSSR count). The van der Waals surface area contributed by atoms with Crippen LogP contribution in [-0.4, -0.2) is 34.5 Å². The number of aryl methyl sites for hydroxylation is 1. The van der Waals surface area contributed by atoms with Gasteiger partial charge in [0.15, 0.2) is 0 Å². The third-order valence-corrected chi connectivity index (χ3v) is 5.47. The maximum atomic E-state index is 13.1. The maximum absolute atomic E-state index is 13.1. The van der Waals surface area contributed by atoms with Gasteiger partial charge < -0.3 is 9.42 Å². The second kappa shape index (κ2) is 6.19. The van der Waals surface area contributed by atoms with Crippen molar-refractivity contribution in [2.75, 3.05) is 13.6 Å². The lowest BCUT2D eigenvalue weighted by atomic mass is 9.89. The molecule has 5 nitrogen and oxygen atoms in total. The van der Waals surface area contributed by atoms with Gasteiger partial charge >= 0.3 is 0 Å². The highest BCUT2D eigenvalue weighted by Gasteiger charge is 2.29. The highest BCUT2D eigenvalue weighted by atomic mass is 16.5. The summed E-state index contributed by atoms with van der Waals surface area (Å²) < 4.78 is 5.36. The van der Waals surface area contributed by atoms with E-state index >= 15 is 0 Å². The molecular formula is C19H25N3O2. The molecule has 0 atom stereocenters. The Bertz CT molecular complexity index is 757. The van der Waals surface area contributed by atoms with Gasteiger partial charge in [0.05, 0.1) is 16.6 Å². The van der Waals surface area contributed by atoms with Crippen LogP contribution in [0.15, 0.2) is 10.6 Å². The third kappa shape index (κ3) is 2.92. The second-order valence-electron chi connectivity index (χ2n) is 7.51. The first-order valence-electron chi connectivity index (χ1n) is 9.16. The summed E-state index contributed by atoms with van der Waals surface area (Å²) in [6.45, 7) is 2.72. The number of rotatable bonds is 4. The Morgan fingerprint density at radius 2 is 2.00 bits per heavy atom. The van der Waals surface area contributed by atoms with E-state index in [0.717, 1.165) is 36.2 Å². The molecule has 0 N–H and O–H groups in total. The Hall–Kier alpha value is -1.91. The van der Waals surface area contributed by atoms with Crippen molar-refractivity contribution in [1.82, 2.24) is 15.0 Å². The molecule has 0 saturated heterocycles. The lowest BCUT2D eigenvalue weighted by Crippen LogP contribution is -2.33. The van der Waals surface area contributed by atoms with Crippen LogP contribution in [-0.2, 0) is 0 Å². The zero-order valence-electron chi connectivity index (χ0n) is 14.5. The molecule has 2 fully saturated rings. The Kier molecular flexibility index (Phi) is 4.02. The van der Waals surface area contributed by atoms with E-state index in [1.807, 2.05) is 24.9 Å². The number of aromatic nitrogens is 2. The van der Waals surface area contributed by atoms with Crippen LogP contribution in [0.5, 0.6) is 0 Å². The summed E-state index contributed by atoms with van der Waals surface area (Å²) in [5.74, 6) is 1.19.